The number of piperidine rings is 1. The van der Waals surface area contributed by atoms with Gasteiger partial charge >= 0.3 is 0 Å². The Labute approximate surface area is 156 Å². The van der Waals surface area contributed by atoms with Gasteiger partial charge in [0, 0.05) is 32.1 Å². The lowest BCUT2D eigenvalue weighted by atomic mass is 9.78. The number of hydrogen-bond donors (Lipinski definition) is 0. The largest absolute Gasteiger partial charge is 0.342 e. The second kappa shape index (κ2) is 7.42. The van der Waals surface area contributed by atoms with Gasteiger partial charge in [-0.1, -0.05) is 36.8 Å². The van der Waals surface area contributed by atoms with Crippen molar-refractivity contribution in [2.24, 2.45) is 11.3 Å². The molecule has 1 atom stereocenters. The predicted octanol–water partition coefficient (Wildman–Crippen LogP) is 3.26. The molecule has 1 spiro atoms. The molecule has 2 saturated heterocycles. The number of hydrogen-bond acceptors (Lipinski definition) is 2. The summed E-state index contributed by atoms with van der Waals surface area (Å²) in [5.41, 5.74) is 1.05. The monoisotopic (exact) mass is 354 g/mol. The minimum atomic E-state index is -0.287. The average Bonchev–Trinajstić information content (AvgIpc) is 3.03. The van der Waals surface area contributed by atoms with Gasteiger partial charge < -0.3 is 9.80 Å². The fraction of sp³-hybridized carbons (Fsp3) is 0.636. The minimum absolute atomic E-state index is 0.241. The van der Waals surface area contributed by atoms with Crippen LogP contribution in [0.15, 0.2) is 30.3 Å². The molecule has 1 aromatic carbocycles. The Hall–Kier alpha value is -1.84. The zero-order valence-corrected chi connectivity index (χ0v) is 15.7. The van der Waals surface area contributed by atoms with Crippen molar-refractivity contribution >= 4 is 11.8 Å². The quantitative estimate of drug-likeness (QED) is 0.814. The second-order valence-electron chi connectivity index (χ2n) is 8.40. The predicted molar refractivity (Wildman–Crippen MR) is 102 cm³/mol. The van der Waals surface area contributed by atoms with Crippen molar-refractivity contribution in [2.45, 2.75) is 51.4 Å². The van der Waals surface area contributed by atoms with Gasteiger partial charge in [0.25, 0.3) is 0 Å². The van der Waals surface area contributed by atoms with E-state index in [-0.39, 0.29) is 11.3 Å². The standard InChI is InChI=1S/C22H30N2O2/c25-20(19-10-4-11-19)24-16-13-22(17-24)12-6-15-23(21(22)26)14-5-9-18-7-2-1-3-8-18/h1-3,7-8,19H,4-6,9-17H2/t22-/m1/s1. The van der Waals surface area contributed by atoms with E-state index in [1.54, 1.807) is 0 Å². The summed E-state index contributed by atoms with van der Waals surface area (Å²) in [6.07, 6.45) is 8.19. The second-order valence-corrected chi connectivity index (χ2v) is 8.40. The van der Waals surface area contributed by atoms with E-state index >= 15 is 0 Å². The van der Waals surface area contributed by atoms with E-state index in [1.807, 2.05) is 11.0 Å². The third kappa shape index (κ3) is 3.38. The van der Waals surface area contributed by atoms with Crippen LogP contribution in [0.2, 0.25) is 0 Å². The summed E-state index contributed by atoms with van der Waals surface area (Å²) in [4.78, 5) is 29.8. The summed E-state index contributed by atoms with van der Waals surface area (Å²) < 4.78 is 0. The van der Waals surface area contributed by atoms with Gasteiger partial charge in [-0.15, -0.1) is 0 Å². The molecule has 0 N–H and O–H groups in total. The number of likely N-dealkylation sites (tertiary alicyclic amines) is 2. The molecule has 4 nitrogen and oxygen atoms in total. The van der Waals surface area contributed by atoms with Crippen LogP contribution in [0.4, 0.5) is 0 Å². The van der Waals surface area contributed by atoms with Crippen LogP contribution in [0.5, 0.6) is 0 Å². The van der Waals surface area contributed by atoms with Crippen LogP contribution in [-0.4, -0.2) is 47.8 Å². The van der Waals surface area contributed by atoms with Crippen molar-refractivity contribution in [3.63, 3.8) is 0 Å². The normalized spacial score (nSPS) is 26.4. The SMILES string of the molecule is O=C(C1CCC1)N1CC[C@]2(CCCN(CCCc3ccccc3)C2=O)C1. The molecule has 1 aliphatic carbocycles. The van der Waals surface area contributed by atoms with E-state index in [9.17, 15) is 9.59 Å². The summed E-state index contributed by atoms with van der Waals surface area (Å²) in [5.74, 6) is 0.855. The van der Waals surface area contributed by atoms with Crippen LogP contribution in [0, 0.1) is 11.3 Å². The molecular weight excluding hydrogens is 324 g/mol. The molecule has 0 unspecified atom stereocenters. The average molecular weight is 354 g/mol. The van der Waals surface area contributed by atoms with Crippen LogP contribution in [0.1, 0.15) is 50.5 Å². The number of benzene rings is 1. The first-order valence-corrected chi connectivity index (χ1v) is 10.3. The number of rotatable bonds is 5. The van der Waals surface area contributed by atoms with E-state index in [4.69, 9.17) is 0 Å². The number of carbonyl (C=O) groups is 2. The van der Waals surface area contributed by atoms with E-state index in [2.05, 4.69) is 29.2 Å². The molecule has 26 heavy (non-hydrogen) atoms. The lowest BCUT2D eigenvalue weighted by Gasteiger charge is -2.39. The van der Waals surface area contributed by atoms with E-state index in [0.29, 0.717) is 18.4 Å². The highest BCUT2D eigenvalue weighted by Crippen LogP contribution is 2.41. The molecule has 2 aliphatic heterocycles. The zero-order valence-electron chi connectivity index (χ0n) is 15.7. The molecule has 0 aromatic heterocycles. The first-order chi connectivity index (χ1) is 12.7. The molecule has 0 bridgehead atoms. The van der Waals surface area contributed by atoms with Gasteiger partial charge in [0.1, 0.15) is 0 Å². The molecule has 3 fully saturated rings. The van der Waals surface area contributed by atoms with Gasteiger partial charge in [0.15, 0.2) is 0 Å². The van der Waals surface area contributed by atoms with Crippen molar-refractivity contribution in [3.05, 3.63) is 35.9 Å². The van der Waals surface area contributed by atoms with Crippen LogP contribution in [-0.2, 0) is 16.0 Å². The highest BCUT2D eigenvalue weighted by Gasteiger charge is 2.50. The molecule has 4 rings (SSSR count). The van der Waals surface area contributed by atoms with Crippen molar-refractivity contribution in [1.82, 2.24) is 9.80 Å². The van der Waals surface area contributed by atoms with Crippen LogP contribution >= 0.6 is 0 Å². The number of carbonyl (C=O) groups excluding carboxylic acids is 2. The number of nitrogens with zero attached hydrogens (tertiary/aromatic N) is 2. The molecule has 2 amide bonds. The van der Waals surface area contributed by atoms with Gasteiger partial charge in [-0.3, -0.25) is 9.59 Å². The van der Waals surface area contributed by atoms with E-state index in [1.165, 1.54) is 12.0 Å². The van der Waals surface area contributed by atoms with Crippen LogP contribution in [0.3, 0.4) is 0 Å². The summed E-state index contributed by atoms with van der Waals surface area (Å²) in [5, 5.41) is 0. The molecular formula is C22H30N2O2. The maximum atomic E-state index is 13.2. The topological polar surface area (TPSA) is 40.6 Å². The maximum absolute atomic E-state index is 13.2. The summed E-state index contributed by atoms with van der Waals surface area (Å²) in [6.45, 7) is 3.16. The smallest absolute Gasteiger partial charge is 0.230 e. The van der Waals surface area contributed by atoms with Gasteiger partial charge in [0.05, 0.1) is 5.41 Å². The van der Waals surface area contributed by atoms with Crippen molar-refractivity contribution in [1.29, 1.82) is 0 Å². The van der Waals surface area contributed by atoms with Gasteiger partial charge in [-0.2, -0.15) is 0 Å². The Morgan fingerprint density at radius 2 is 1.88 bits per heavy atom. The Morgan fingerprint density at radius 3 is 2.62 bits per heavy atom. The summed E-state index contributed by atoms with van der Waals surface area (Å²) in [6, 6.07) is 10.5. The van der Waals surface area contributed by atoms with Crippen molar-refractivity contribution < 1.29 is 9.59 Å². The third-order valence-corrected chi connectivity index (χ3v) is 6.68. The Bertz CT molecular complexity index is 655. The van der Waals surface area contributed by atoms with Crippen molar-refractivity contribution in [2.75, 3.05) is 26.2 Å². The van der Waals surface area contributed by atoms with E-state index in [0.717, 1.165) is 64.6 Å². The molecule has 4 heteroatoms. The molecule has 1 saturated carbocycles. The number of amides is 2. The summed E-state index contributed by atoms with van der Waals surface area (Å²) in [7, 11) is 0. The number of aryl methyl sites for hydroxylation is 1. The van der Waals surface area contributed by atoms with Crippen LogP contribution in [0.25, 0.3) is 0 Å². The first-order valence-electron chi connectivity index (χ1n) is 10.3. The van der Waals surface area contributed by atoms with Crippen molar-refractivity contribution in [3.8, 4) is 0 Å². The molecule has 140 valence electrons. The van der Waals surface area contributed by atoms with Gasteiger partial charge in [-0.25, -0.2) is 0 Å². The molecule has 0 radical (unpaired) electrons. The summed E-state index contributed by atoms with van der Waals surface area (Å²) >= 11 is 0. The van der Waals surface area contributed by atoms with E-state index < -0.39 is 0 Å². The van der Waals surface area contributed by atoms with Gasteiger partial charge in [-0.05, 0) is 50.5 Å². The van der Waals surface area contributed by atoms with Gasteiger partial charge in [0.2, 0.25) is 11.8 Å². The Morgan fingerprint density at radius 1 is 1.08 bits per heavy atom. The lowest BCUT2D eigenvalue weighted by Crippen LogP contribution is -2.51. The molecule has 2 heterocycles. The minimum Gasteiger partial charge on any atom is -0.342 e. The highest BCUT2D eigenvalue weighted by atomic mass is 16.2. The Kier molecular flexibility index (Phi) is 5.01. The fourth-order valence-corrected chi connectivity index (χ4v) is 4.84. The molecule has 1 aromatic rings. The van der Waals surface area contributed by atoms with Crippen LogP contribution < -0.4 is 0 Å². The first kappa shape index (κ1) is 17.6. The maximum Gasteiger partial charge on any atom is 0.230 e. The lowest BCUT2D eigenvalue weighted by molar-refractivity contribution is -0.146. The highest BCUT2D eigenvalue weighted by molar-refractivity contribution is 5.86. The fourth-order valence-electron chi connectivity index (χ4n) is 4.84. The zero-order chi connectivity index (χ0) is 18.0. The Balaban J connectivity index is 1.33. The third-order valence-electron chi connectivity index (χ3n) is 6.68. The molecule has 3 aliphatic rings.